The number of nitrogens with one attached hydrogen (secondary N) is 1. The van der Waals surface area contributed by atoms with Crippen molar-refractivity contribution < 1.29 is 28.6 Å². The van der Waals surface area contributed by atoms with Crippen molar-refractivity contribution in [1.82, 2.24) is 10.2 Å². The highest BCUT2D eigenvalue weighted by Gasteiger charge is 2.09. The molecule has 0 aliphatic carbocycles. The normalized spacial score (nSPS) is 11.5. The van der Waals surface area contributed by atoms with Gasteiger partial charge in [-0.2, -0.15) is 0 Å². The van der Waals surface area contributed by atoms with Crippen LogP contribution in [0, 0.1) is 0 Å². The first-order valence-corrected chi connectivity index (χ1v) is 31.9. The third-order valence-electron chi connectivity index (χ3n) is 14.6. The topological polar surface area (TPSA) is 94.2 Å². The number of ether oxygens (including phenoxy) is 3. The average Bonchev–Trinajstić information content (AvgIpc) is 3.37. The Labute approximate surface area is 443 Å². The maximum Gasteiger partial charge on any atom is 0.305 e. The Morgan fingerprint density at radius 1 is 0.268 bits per heavy atom. The first kappa shape index (κ1) is 69.3. The largest absolute Gasteiger partial charge is 0.466 e. The van der Waals surface area contributed by atoms with Gasteiger partial charge in [0.25, 0.3) is 0 Å². The first-order chi connectivity index (χ1) is 35.0. The molecule has 0 fully saturated rings. The molecule has 1 N–H and O–H groups in total. The molecule has 0 saturated carbocycles. The van der Waals surface area contributed by atoms with Crippen LogP contribution in [0.25, 0.3) is 0 Å². The van der Waals surface area contributed by atoms with Crippen LogP contribution in [0.15, 0.2) is 0 Å². The molecule has 0 rings (SSSR count). The number of esters is 3. The van der Waals surface area contributed by atoms with Crippen molar-refractivity contribution in [2.24, 2.45) is 0 Å². The van der Waals surface area contributed by atoms with Gasteiger partial charge in [-0.25, -0.2) is 0 Å². The fraction of sp³-hybridized carbons (Fsp3) is 0.952. The maximum atomic E-state index is 12.4. The van der Waals surface area contributed by atoms with E-state index in [1.54, 1.807) is 0 Å². The summed E-state index contributed by atoms with van der Waals surface area (Å²) in [7, 11) is 0. The summed E-state index contributed by atoms with van der Waals surface area (Å²) in [6, 6.07) is 0. The number of rotatable bonds is 61. The molecule has 71 heavy (non-hydrogen) atoms. The third-order valence-corrected chi connectivity index (χ3v) is 14.6. The highest BCUT2D eigenvalue weighted by atomic mass is 16.5. The zero-order valence-electron chi connectivity index (χ0n) is 48.2. The summed E-state index contributed by atoms with van der Waals surface area (Å²) in [5, 5.41) is 3.63. The van der Waals surface area contributed by atoms with E-state index < -0.39 is 0 Å². The summed E-state index contributed by atoms with van der Waals surface area (Å²) in [6.45, 7) is 13.7. The van der Waals surface area contributed by atoms with Crippen LogP contribution in [-0.4, -0.2) is 75.4 Å². The Kier molecular flexibility index (Phi) is 59.4. The summed E-state index contributed by atoms with van der Waals surface area (Å²) in [5.74, 6) is -0.0989. The Bertz CT molecular complexity index is 1020. The van der Waals surface area contributed by atoms with Crippen LogP contribution in [0.4, 0.5) is 0 Å². The first-order valence-electron chi connectivity index (χ1n) is 31.9. The second-order valence-electron chi connectivity index (χ2n) is 21.7. The molecule has 0 saturated heterocycles. The minimum Gasteiger partial charge on any atom is -0.466 e. The van der Waals surface area contributed by atoms with Crippen molar-refractivity contribution in [2.75, 3.05) is 52.5 Å². The Hall–Kier alpha value is -1.67. The van der Waals surface area contributed by atoms with Gasteiger partial charge >= 0.3 is 17.9 Å². The summed E-state index contributed by atoms with van der Waals surface area (Å²) < 4.78 is 16.6. The van der Waals surface area contributed by atoms with E-state index in [-0.39, 0.29) is 17.9 Å². The van der Waals surface area contributed by atoms with Crippen LogP contribution < -0.4 is 5.32 Å². The molecule has 0 bridgehead atoms. The molecule has 0 spiro atoms. The van der Waals surface area contributed by atoms with Crippen LogP contribution in [-0.2, 0) is 28.6 Å². The van der Waals surface area contributed by atoms with E-state index in [9.17, 15) is 14.4 Å². The number of hydrogen-bond acceptors (Lipinski definition) is 8. The van der Waals surface area contributed by atoms with Crippen molar-refractivity contribution in [2.45, 2.75) is 335 Å². The smallest absolute Gasteiger partial charge is 0.305 e. The van der Waals surface area contributed by atoms with Gasteiger partial charge in [0.1, 0.15) is 0 Å². The molecular weight excluding hydrogens is 881 g/mol. The second kappa shape index (κ2) is 60.9. The molecule has 0 aliphatic heterocycles. The van der Waals surface area contributed by atoms with Crippen molar-refractivity contribution >= 4 is 17.9 Å². The molecule has 0 amide bonds. The standard InChI is InChI=1S/C63H124N2O6/c1-4-7-10-13-16-19-22-25-28-31-34-46-58-69-61(66)50-40-37-43-53-64-54-49-57-65(55-44-38-41-51-62(67)70-59-47-35-32-29-26-23-20-17-14-11-8-5-2)56-45-39-42-52-63(68)71-60-48-36-33-30-27-24-21-18-15-12-9-6-3/h64H,4-60H2,1-3H3. The SMILES string of the molecule is CCCCCCCCCCCCCCOC(=O)CCCCCNCCCN(CCCCCC(=O)OCCCCCCCCCCCCCC)CCCCCC(=O)OCCCCCCCCCCCCCC. The van der Waals surface area contributed by atoms with E-state index >= 15 is 0 Å². The summed E-state index contributed by atoms with van der Waals surface area (Å²) in [4.78, 5) is 39.6. The van der Waals surface area contributed by atoms with E-state index in [1.807, 2.05) is 0 Å². The Balaban J connectivity index is 4.20. The summed E-state index contributed by atoms with van der Waals surface area (Å²) in [5.41, 5.74) is 0. The fourth-order valence-corrected chi connectivity index (χ4v) is 9.75. The molecule has 0 aromatic rings. The van der Waals surface area contributed by atoms with Crippen LogP contribution in [0.5, 0.6) is 0 Å². The highest BCUT2D eigenvalue weighted by Crippen LogP contribution is 2.16. The van der Waals surface area contributed by atoms with Gasteiger partial charge in [-0.15, -0.1) is 0 Å². The molecule has 0 heterocycles. The number of carbonyl (C=O) groups excluding carboxylic acids is 3. The van der Waals surface area contributed by atoms with Gasteiger partial charge in [0.15, 0.2) is 0 Å². The predicted octanol–water partition coefficient (Wildman–Crippen LogP) is 18.7. The van der Waals surface area contributed by atoms with Crippen molar-refractivity contribution in [3.63, 3.8) is 0 Å². The second-order valence-corrected chi connectivity index (χ2v) is 21.7. The lowest BCUT2D eigenvalue weighted by Crippen LogP contribution is -2.30. The van der Waals surface area contributed by atoms with Crippen LogP contribution >= 0.6 is 0 Å². The van der Waals surface area contributed by atoms with Crippen molar-refractivity contribution in [3.05, 3.63) is 0 Å². The Morgan fingerprint density at radius 2 is 0.493 bits per heavy atom. The minimum atomic E-state index is -0.0337. The van der Waals surface area contributed by atoms with Gasteiger partial charge in [-0.1, -0.05) is 252 Å². The third kappa shape index (κ3) is 59.1. The average molecular weight is 1010 g/mol. The van der Waals surface area contributed by atoms with Gasteiger partial charge in [0.2, 0.25) is 0 Å². The number of unbranched alkanes of at least 4 members (excludes halogenated alkanes) is 39. The van der Waals surface area contributed by atoms with Gasteiger partial charge in [-0.3, -0.25) is 14.4 Å². The van der Waals surface area contributed by atoms with Crippen LogP contribution in [0.2, 0.25) is 0 Å². The lowest BCUT2D eigenvalue weighted by atomic mass is 10.1. The summed E-state index contributed by atoms with van der Waals surface area (Å²) in [6.07, 6.45) is 59.0. The molecule has 0 atom stereocenters. The maximum absolute atomic E-state index is 12.4. The van der Waals surface area contributed by atoms with E-state index in [4.69, 9.17) is 14.2 Å². The molecule has 8 nitrogen and oxygen atoms in total. The van der Waals surface area contributed by atoms with Crippen molar-refractivity contribution in [1.29, 1.82) is 0 Å². The lowest BCUT2D eigenvalue weighted by Gasteiger charge is -2.22. The van der Waals surface area contributed by atoms with E-state index in [0.717, 1.165) is 129 Å². The van der Waals surface area contributed by atoms with E-state index in [0.29, 0.717) is 39.1 Å². The zero-order valence-corrected chi connectivity index (χ0v) is 48.2. The molecule has 0 radical (unpaired) electrons. The van der Waals surface area contributed by atoms with Gasteiger partial charge < -0.3 is 24.4 Å². The molecule has 0 aromatic heterocycles. The zero-order chi connectivity index (χ0) is 51.4. The van der Waals surface area contributed by atoms with E-state index in [1.165, 1.54) is 199 Å². The number of carbonyl (C=O) groups is 3. The van der Waals surface area contributed by atoms with Gasteiger partial charge in [0.05, 0.1) is 19.8 Å². The van der Waals surface area contributed by atoms with Crippen molar-refractivity contribution in [3.8, 4) is 0 Å². The fourth-order valence-electron chi connectivity index (χ4n) is 9.75. The quantitative estimate of drug-likeness (QED) is 0.0366. The number of hydrogen-bond donors (Lipinski definition) is 1. The molecule has 0 aromatic carbocycles. The monoisotopic (exact) mass is 1000 g/mol. The molecule has 8 heteroatoms. The lowest BCUT2D eigenvalue weighted by molar-refractivity contribution is -0.144. The molecular formula is C63H124N2O6. The summed E-state index contributed by atoms with van der Waals surface area (Å²) >= 11 is 0. The van der Waals surface area contributed by atoms with Crippen LogP contribution in [0.1, 0.15) is 335 Å². The predicted molar refractivity (Wildman–Crippen MR) is 305 cm³/mol. The van der Waals surface area contributed by atoms with Gasteiger partial charge in [0, 0.05) is 19.3 Å². The van der Waals surface area contributed by atoms with Gasteiger partial charge in [-0.05, 0) is 96.9 Å². The minimum absolute atomic E-state index is 0.0314. The highest BCUT2D eigenvalue weighted by molar-refractivity contribution is 5.69. The number of nitrogens with zero attached hydrogens (tertiary/aromatic N) is 1. The molecule has 0 aliphatic rings. The van der Waals surface area contributed by atoms with E-state index in [2.05, 4.69) is 31.0 Å². The molecule has 0 unspecified atom stereocenters. The Morgan fingerprint density at radius 3 is 0.789 bits per heavy atom. The van der Waals surface area contributed by atoms with Crippen LogP contribution in [0.3, 0.4) is 0 Å². The molecule has 422 valence electrons.